The average molecular weight is 252 g/mol. The summed E-state index contributed by atoms with van der Waals surface area (Å²) in [4.78, 5) is 8.89. The van der Waals surface area contributed by atoms with Crippen LogP contribution < -0.4 is 0 Å². The first kappa shape index (κ1) is 12.1. The number of aromatic nitrogens is 2. The number of rotatable bonds is 3. The molecule has 0 amide bonds. The molecule has 0 aliphatic heterocycles. The number of pyridine rings is 1. The van der Waals surface area contributed by atoms with Gasteiger partial charge in [-0.1, -0.05) is 13.8 Å². The van der Waals surface area contributed by atoms with E-state index in [2.05, 4.69) is 9.97 Å². The summed E-state index contributed by atoms with van der Waals surface area (Å²) in [5.41, 5.74) is 1.38. The Morgan fingerprint density at radius 1 is 1.47 bits per heavy atom. The average Bonchev–Trinajstić information content (AvgIpc) is 2.73. The van der Waals surface area contributed by atoms with E-state index in [1.165, 1.54) is 23.6 Å². The summed E-state index contributed by atoms with van der Waals surface area (Å²) < 4.78 is 13.0. The van der Waals surface area contributed by atoms with Crippen molar-refractivity contribution in [3.05, 3.63) is 34.8 Å². The van der Waals surface area contributed by atoms with Gasteiger partial charge in [-0.25, -0.2) is 9.97 Å². The summed E-state index contributed by atoms with van der Waals surface area (Å²) in [5, 5.41) is 9.96. The van der Waals surface area contributed by atoms with Crippen LogP contribution in [0.25, 0.3) is 10.6 Å². The lowest BCUT2D eigenvalue weighted by Gasteiger charge is -2.01. The highest BCUT2D eigenvalue weighted by atomic mass is 32.1. The van der Waals surface area contributed by atoms with Crippen LogP contribution in [0.3, 0.4) is 0 Å². The van der Waals surface area contributed by atoms with E-state index in [0.717, 1.165) is 9.88 Å². The number of nitrogens with zero attached hydrogens (tertiary/aromatic N) is 2. The fraction of sp³-hybridized carbons (Fsp3) is 0.333. The molecule has 0 fully saturated rings. The first-order valence-corrected chi connectivity index (χ1v) is 6.16. The zero-order chi connectivity index (χ0) is 12.4. The fourth-order valence-electron chi connectivity index (χ4n) is 1.59. The van der Waals surface area contributed by atoms with Crippen molar-refractivity contribution >= 4 is 11.3 Å². The Hall–Kier alpha value is -1.33. The van der Waals surface area contributed by atoms with E-state index in [-0.39, 0.29) is 6.61 Å². The van der Waals surface area contributed by atoms with Crippen molar-refractivity contribution in [3.8, 4) is 10.6 Å². The molecular formula is C12H13FN2OS. The highest BCUT2D eigenvalue weighted by molar-refractivity contribution is 7.15. The molecule has 0 unspecified atom stereocenters. The highest BCUT2D eigenvalue weighted by Crippen LogP contribution is 2.32. The van der Waals surface area contributed by atoms with Gasteiger partial charge >= 0.3 is 0 Å². The second-order valence-corrected chi connectivity index (χ2v) is 5.04. The molecule has 2 aromatic heterocycles. The maximum Gasteiger partial charge on any atom is 0.213 e. The summed E-state index contributed by atoms with van der Waals surface area (Å²) in [5.74, 6) is -0.218. The molecule has 2 aromatic rings. The van der Waals surface area contributed by atoms with Gasteiger partial charge in [-0.15, -0.1) is 11.3 Å². The molecule has 5 heteroatoms. The lowest BCUT2D eigenvalue weighted by Crippen LogP contribution is -1.91. The van der Waals surface area contributed by atoms with Crippen LogP contribution >= 0.6 is 11.3 Å². The largest absolute Gasteiger partial charge is 0.390 e. The topological polar surface area (TPSA) is 46.0 Å². The molecule has 0 aromatic carbocycles. The number of aliphatic hydroxyl groups is 1. The summed E-state index contributed by atoms with van der Waals surface area (Å²) in [6, 6.07) is 3.07. The molecule has 1 N–H and O–H groups in total. The molecule has 0 radical (unpaired) electrons. The molecule has 0 bridgehead atoms. The van der Waals surface area contributed by atoms with E-state index >= 15 is 0 Å². The van der Waals surface area contributed by atoms with Crippen molar-refractivity contribution in [2.24, 2.45) is 0 Å². The minimum atomic E-state index is -0.519. The Bertz CT molecular complexity index is 525. The van der Waals surface area contributed by atoms with Gasteiger partial charge in [0.05, 0.1) is 12.3 Å². The molecule has 2 rings (SSSR count). The standard InChI is InChI=1S/C12H13FN2OS/c1-7(2)11-9(6-16)15-12(17-11)8-3-4-14-10(13)5-8/h3-5,7,16H,6H2,1-2H3. The lowest BCUT2D eigenvalue weighted by molar-refractivity contribution is 0.276. The molecule has 2 heterocycles. The third-order valence-corrected chi connectivity index (χ3v) is 3.82. The Kier molecular flexibility index (Phi) is 3.49. The molecule has 0 atom stereocenters. The second kappa shape index (κ2) is 4.89. The Morgan fingerprint density at radius 3 is 2.76 bits per heavy atom. The first-order chi connectivity index (χ1) is 8.11. The van der Waals surface area contributed by atoms with E-state index in [9.17, 15) is 9.50 Å². The Balaban J connectivity index is 2.46. The van der Waals surface area contributed by atoms with Gasteiger partial charge in [0.25, 0.3) is 0 Å². The van der Waals surface area contributed by atoms with Crippen molar-refractivity contribution < 1.29 is 9.50 Å². The summed E-state index contributed by atoms with van der Waals surface area (Å²) in [6.45, 7) is 4.00. The van der Waals surface area contributed by atoms with Crippen molar-refractivity contribution in [3.63, 3.8) is 0 Å². The molecule has 0 spiro atoms. The van der Waals surface area contributed by atoms with Gasteiger partial charge in [0.15, 0.2) is 0 Å². The molecule has 0 saturated heterocycles. The van der Waals surface area contributed by atoms with Crippen molar-refractivity contribution in [1.82, 2.24) is 9.97 Å². The predicted octanol–water partition coefficient (Wildman–Crippen LogP) is 2.96. The van der Waals surface area contributed by atoms with Crippen LogP contribution in [0.2, 0.25) is 0 Å². The Labute approximate surface area is 103 Å². The Morgan fingerprint density at radius 2 is 2.24 bits per heavy atom. The SMILES string of the molecule is CC(C)c1sc(-c2ccnc(F)c2)nc1CO. The van der Waals surface area contributed by atoms with Crippen LogP contribution in [0.15, 0.2) is 18.3 Å². The van der Waals surface area contributed by atoms with Crippen molar-refractivity contribution in [2.75, 3.05) is 0 Å². The lowest BCUT2D eigenvalue weighted by atomic mass is 10.1. The molecule has 90 valence electrons. The number of hydrogen-bond donors (Lipinski definition) is 1. The van der Waals surface area contributed by atoms with Crippen LogP contribution in [0.5, 0.6) is 0 Å². The summed E-state index contributed by atoms with van der Waals surface area (Å²) in [7, 11) is 0. The molecule has 0 saturated carbocycles. The van der Waals surface area contributed by atoms with Gasteiger partial charge in [0, 0.05) is 22.7 Å². The smallest absolute Gasteiger partial charge is 0.213 e. The van der Waals surface area contributed by atoms with Gasteiger partial charge in [0.2, 0.25) is 5.95 Å². The number of thiazole rings is 1. The number of aliphatic hydroxyl groups excluding tert-OH is 1. The fourth-order valence-corrected chi connectivity index (χ4v) is 2.66. The minimum absolute atomic E-state index is 0.0857. The van der Waals surface area contributed by atoms with Gasteiger partial charge in [-0.2, -0.15) is 4.39 Å². The zero-order valence-corrected chi connectivity index (χ0v) is 10.5. The van der Waals surface area contributed by atoms with Crippen LogP contribution in [0.1, 0.15) is 30.3 Å². The number of halogens is 1. The van der Waals surface area contributed by atoms with Crippen molar-refractivity contribution in [2.45, 2.75) is 26.4 Å². The third-order valence-electron chi connectivity index (χ3n) is 2.38. The maximum atomic E-state index is 13.0. The van der Waals surface area contributed by atoms with E-state index in [1.54, 1.807) is 6.07 Å². The van der Waals surface area contributed by atoms with Gasteiger partial charge < -0.3 is 5.11 Å². The predicted molar refractivity (Wildman–Crippen MR) is 65.3 cm³/mol. The van der Waals surface area contributed by atoms with Gasteiger partial charge in [-0.05, 0) is 12.0 Å². The quantitative estimate of drug-likeness (QED) is 0.854. The first-order valence-electron chi connectivity index (χ1n) is 5.34. The minimum Gasteiger partial charge on any atom is -0.390 e. The van der Waals surface area contributed by atoms with Crippen LogP contribution in [0.4, 0.5) is 4.39 Å². The second-order valence-electron chi connectivity index (χ2n) is 4.01. The van der Waals surface area contributed by atoms with E-state index in [0.29, 0.717) is 17.2 Å². The maximum absolute atomic E-state index is 13.0. The van der Waals surface area contributed by atoms with Crippen molar-refractivity contribution in [1.29, 1.82) is 0 Å². The van der Waals surface area contributed by atoms with Gasteiger partial charge in [0.1, 0.15) is 5.01 Å². The monoisotopic (exact) mass is 252 g/mol. The molecule has 0 aliphatic carbocycles. The van der Waals surface area contributed by atoms with Crippen LogP contribution in [-0.2, 0) is 6.61 Å². The molecule has 3 nitrogen and oxygen atoms in total. The summed E-state index contributed by atoms with van der Waals surface area (Å²) >= 11 is 1.49. The van der Waals surface area contributed by atoms with Crippen LogP contribution in [-0.4, -0.2) is 15.1 Å². The third kappa shape index (κ3) is 2.50. The number of hydrogen-bond acceptors (Lipinski definition) is 4. The van der Waals surface area contributed by atoms with Crippen LogP contribution in [0, 0.1) is 5.95 Å². The summed E-state index contributed by atoms with van der Waals surface area (Å²) in [6.07, 6.45) is 1.42. The normalized spacial score (nSPS) is 11.1. The molecular weight excluding hydrogens is 239 g/mol. The molecule has 0 aliphatic rings. The molecule has 17 heavy (non-hydrogen) atoms. The van der Waals surface area contributed by atoms with E-state index in [1.807, 2.05) is 13.8 Å². The highest BCUT2D eigenvalue weighted by Gasteiger charge is 2.14. The van der Waals surface area contributed by atoms with Gasteiger partial charge in [-0.3, -0.25) is 0 Å². The zero-order valence-electron chi connectivity index (χ0n) is 9.64. The van der Waals surface area contributed by atoms with E-state index in [4.69, 9.17) is 0 Å². The van der Waals surface area contributed by atoms with E-state index < -0.39 is 5.95 Å².